The van der Waals surface area contributed by atoms with Crippen LogP contribution in [0, 0.1) is 0 Å². The van der Waals surface area contributed by atoms with Gasteiger partial charge in [-0.25, -0.2) is 0 Å². The van der Waals surface area contributed by atoms with Gasteiger partial charge in [-0.3, -0.25) is 4.79 Å². The first-order valence-corrected chi connectivity index (χ1v) is 8.53. The Kier molecular flexibility index (Phi) is 6.54. The van der Waals surface area contributed by atoms with E-state index in [4.69, 9.17) is 4.74 Å². The Hall–Kier alpha value is -2.39. The molecule has 2 aromatic carbocycles. The van der Waals surface area contributed by atoms with Gasteiger partial charge in [-0.1, -0.05) is 68.5 Å². The van der Waals surface area contributed by atoms with Gasteiger partial charge >= 0.3 is 0 Å². The highest BCUT2D eigenvalue weighted by atomic mass is 16.5. The summed E-state index contributed by atoms with van der Waals surface area (Å²) >= 11 is 0. The number of para-hydroxylation sites is 1. The van der Waals surface area contributed by atoms with Gasteiger partial charge in [0.2, 0.25) is 5.91 Å². The summed E-state index contributed by atoms with van der Waals surface area (Å²) in [5.74, 6) is 0.0618. The van der Waals surface area contributed by atoms with E-state index in [1.54, 1.807) is 13.2 Å². The molecular weight excluding hydrogens is 310 g/mol. The van der Waals surface area contributed by atoms with E-state index in [-0.39, 0.29) is 11.3 Å². The van der Waals surface area contributed by atoms with Gasteiger partial charge in [0.1, 0.15) is 0 Å². The summed E-state index contributed by atoms with van der Waals surface area (Å²) in [4.78, 5) is 14.8. The second-order valence-electron chi connectivity index (χ2n) is 6.79. The molecule has 0 radical (unpaired) electrons. The first-order chi connectivity index (χ1) is 12.0. The van der Waals surface area contributed by atoms with E-state index in [1.807, 2.05) is 53.4 Å². The third-order valence-electron chi connectivity index (χ3n) is 4.24. The van der Waals surface area contributed by atoms with Gasteiger partial charge < -0.3 is 9.64 Å². The number of hydrogen-bond donors (Lipinski definition) is 0. The molecule has 0 aliphatic heterocycles. The fraction of sp³-hybridized carbons (Fsp3) is 0.318. The van der Waals surface area contributed by atoms with Crippen molar-refractivity contribution in [3.05, 3.63) is 78.4 Å². The topological polar surface area (TPSA) is 29.5 Å². The zero-order valence-electron chi connectivity index (χ0n) is 15.4. The summed E-state index contributed by atoms with van der Waals surface area (Å²) in [5.41, 5.74) is 2.83. The predicted molar refractivity (Wildman–Crippen MR) is 104 cm³/mol. The van der Waals surface area contributed by atoms with Crippen LogP contribution in [0.3, 0.4) is 0 Å². The van der Waals surface area contributed by atoms with Crippen LogP contribution < -0.4 is 4.90 Å². The minimum absolute atomic E-state index is 0.0618. The normalized spacial score (nSPS) is 11.2. The van der Waals surface area contributed by atoms with Crippen molar-refractivity contribution in [1.29, 1.82) is 0 Å². The summed E-state index contributed by atoms with van der Waals surface area (Å²) in [6, 6.07) is 17.9. The third-order valence-corrected chi connectivity index (χ3v) is 4.24. The van der Waals surface area contributed by atoms with Gasteiger partial charge in [-0.2, -0.15) is 0 Å². The molecule has 0 unspecified atom stereocenters. The van der Waals surface area contributed by atoms with Crippen LogP contribution in [0.4, 0.5) is 5.69 Å². The Labute approximate surface area is 150 Å². The van der Waals surface area contributed by atoms with Gasteiger partial charge in [-0.05, 0) is 17.2 Å². The SMILES string of the molecule is C=CCN(C(=O)Cc1ccccc1)c1ccccc1C(C)(C)COC. The number of nitrogens with zero attached hydrogens (tertiary/aromatic N) is 1. The van der Waals surface area contributed by atoms with Crippen molar-refractivity contribution in [3.63, 3.8) is 0 Å². The second-order valence-corrected chi connectivity index (χ2v) is 6.79. The number of rotatable bonds is 8. The summed E-state index contributed by atoms with van der Waals surface area (Å²) in [6.07, 6.45) is 2.14. The third kappa shape index (κ3) is 4.80. The van der Waals surface area contributed by atoms with E-state index < -0.39 is 0 Å². The smallest absolute Gasteiger partial charge is 0.231 e. The Balaban J connectivity index is 2.37. The fourth-order valence-electron chi connectivity index (χ4n) is 3.05. The molecule has 0 bridgehead atoms. The zero-order chi connectivity index (χ0) is 18.3. The highest BCUT2D eigenvalue weighted by Crippen LogP contribution is 2.33. The molecule has 2 aromatic rings. The largest absolute Gasteiger partial charge is 0.384 e. The molecule has 132 valence electrons. The Morgan fingerprint density at radius 2 is 1.76 bits per heavy atom. The van der Waals surface area contributed by atoms with Gasteiger partial charge in [0.25, 0.3) is 0 Å². The molecule has 0 saturated carbocycles. The lowest BCUT2D eigenvalue weighted by Gasteiger charge is -2.31. The molecule has 3 nitrogen and oxygen atoms in total. The molecule has 0 aliphatic carbocycles. The highest BCUT2D eigenvalue weighted by molar-refractivity contribution is 5.96. The van der Waals surface area contributed by atoms with Gasteiger partial charge in [-0.15, -0.1) is 6.58 Å². The second kappa shape index (κ2) is 8.63. The van der Waals surface area contributed by atoms with Crippen LogP contribution in [0.2, 0.25) is 0 Å². The average molecular weight is 337 g/mol. The quantitative estimate of drug-likeness (QED) is 0.669. The van der Waals surface area contributed by atoms with Crippen molar-refractivity contribution in [2.45, 2.75) is 25.7 Å². The lowest BCUT2D eigenvalue weighted by Crippen LogP contribution is -2.35. The summed E-state index contributed by atoms with van der Waals surface area (Å²) < 4.78 is 5.39. The number of amides is 1. The molecule has 0 spiro atoms. The average Bonchev–Trinajstić information content (AvgIpc) is 2.60. The number of carbonyl (C=O) groups is 1. The summed E-state index contributed by atoms with van der Waals surface area (Å²) in [6.45, 7) is 9.14. The number of anilines is 1. The molecule has 0 heterocycles. The molecule has 0 atom stereocenters. The van der Waals surface area contributed by atoms with E-state index in [0.717, 1.165) is 16.8 Å². The van der Waals surface area contributed by atoms with Crippen LogP contribution in [0.25, 0.3) is 0 Å². The van der Waals surface area contributed by atoms with Crippen LogP contribution in [-0.2, 0) is 21.4 Å². The molecule has 0 aromatic heterocycles. The summed E-state index contributed by atoms with van der Waals surface area (Å²) in [5, 5.41) is 0. The molecule has 3 heteroatoms. The first-order valence-electron chi connectivity index (χ1n) is 8.53. The maximum atomic E-state index is 13.0. The molecule has 0 aliphatic rings. The standard InChI is InChI=1S/C22H27NO2/c1-5-15-23(21(24)16-18-11-7-6-8-12-18)20-14-10-9-13-19(20)22(2,3)17-25-4/h5-14H,1,15-17H2,2-4H3. The Morgan fingerprint density at radius 3 is 2.40 bits per heavy atom. The van der Waals surface area contributed by atoms with Gasteiger partial charge in [0.05, 0.1) is 13.0 Å². The monoisotopic (exact) mass is 337 g/mol. The molecule has 0 fully saturated rings. The lowest BCUT2D eigenvalue weighted by atomic mass is 9.84. The van der Waals surface area contributed by atoms with Crippen molar-refractivity contribution in [2.24, 2.45) is 0 Å². The van der Waals surface area contributed by atoms with E-state index in [1.165, 1.54) is 0 Å². The maximum Gasteiger partial charge on any atom is 0.231 e. The minimum atomic E-state index is -0.197. The Bertz CT molecular complexity index is 707. The van der Waals surface area contributed by atoms with Crippen LogP contribution in [-0.4, -0.2) is 26.2 Å². The number of ether oxygens (including phenoxy) is 1. The van der Waals surface area contributed by atoms with Crippen molar-refractivity contribution in [3.8, 4) is 0 Å². The fourth-order valence-corrected chi connectivity index (χ4v) is 3.05. The summed E-state index contributed by atoms with van der Waals surface area (Å²) in [7, 11) is 1.70. The van der Waals surface area contributed by atoms with Crippen LogP contribution >= 0.6 is 0 Å². The number of benzene rings is 2. The number of hydrogen-bond acceptors (Lipinski definition) is 2. The number of methoxy groups -OCH3 is 1. The highest BCUT2D eigenvalue weighted by Gasteiger charge is 2.27. The molecule has 0 N–H and O–H groups in total. The van der Waals surface area contributed by atoms with E-state index in [0.29, 0.717) is 19.6 Å². The van der Waals surface area contributed by atoms with E-state index >= 15 is 0 Å². The first kappa shape index (κ1) is 18.9. The Morgan fingerprint density at radius 1 is 1.12 bits per heavy atom. The van der Waals surface area contributed by atoms with Crippen molar-refractivity contribution >= 4 is 11.6 Å². The van der Waals surface area contributed by atoms with Crippen LogP contribution in [0.1, 0.15) is 25.0 Å². The molecule has 2 rings (SSSR count). The van der Waals surface area contributed by atoms with E-state index in [2.05, 4.69) is 26.5 Å². The molecular formula is C22H27NO2. The van der Waals surface area contributed by atoms with Crippen LogP contribution in [0.15, 0.2) is 67.3 Å². The predicted octanol–water partition coefficient (Wildman–Crippen LogP) is 4.37. The van der Waals surface area contributed by atoms with Gasteiger partial charge in [0, 0.05) is 24.8 Å². The zero-order valence-corrected chi connectivity index (χ0v) is 15.4. The van der Waals surface area contributed by atoms with Crippen LogP contribution in [0.5, 0.6) is 0 Å². The molecule has 0 saturated heterocycles. The lowest BCUT2D eigenvalue weighted by molar-refractivity contribution is -0.117. The van der Waals surface area contributed by atoms with E-state index in [9.17, 15) is 4.79 Å². The van der Waals surface area contributed by atoms with Crippen molar-refractivity contribution < 1.29 is 9.53 Å². The van der Waals surface area contributed by atoms with Crippen molar-refractivity contribution in [1.82, 2.24) is 0 Å². The van der Waals surface area contributed by atoms with Crippen molar-refractivity contribution in [2.75, 3.05) is 25.2 Å². The van der Waals surface area contributed by atoms with Gasteiger partial charge in [0.15, 0.2) is 0 Å². The number of carbonyl (C=O) groups excluding carboxylic acids is 1. The molecule has 1 amide bonds. The molecule has 25 heavy (non-hydrogen) atoms. The maximum absolute atomic E-state index is 13.0. The minimum Gasteiger partial charge on any atom is -0.384 e.